The highest BCUT2D eigenvalue weighted by molar-refractivity contribution is 6.22. The molecule has 1 aliphatic heterocycles. The number of methoxy groups -OCH3 is 2. The molecular formula is C26H26N4O4. The highest BCUT2D eigenvalue weighted by Gasteiger charge is 2.39. The van der Waals surface area contributed by atoms with Gasteiger partial charge in [0.1, 0.15) is 0 Å². The van der Waals surface area contributed by atoms with Crippen molar-refractivity contribution in [1.82, 2.24) is 5.32 Å². The number of nitrogens with zero attached hydrogens (tertiary/aromatic N) is 3. The number of hydrogen-bond donors (Lipinski definition) is 1. The van der Waals surface area contributed by atoms with Crippen LogP contribution in [0.4, 0.5) is 17.1 Å². The molecule has 3 aromatic rings. The Morgan fingerprint density at radius 3 is 2.24 bits per heavy atom. The van der Waals surface area contributed by atoms with Crippen LogP contribution in [-0.2, 0) is 16.0 Å². The lowest BCUT2D eigenvalue weighted by Gasteiger charge is -2.16. The maximum Gasteiger partial charge on any atom is 0.251 e. The molecule has 1 aliphatic rings. The molecule has 0 aromatic heterocycles. The Kier molecular flexibility index (Phi) is 7.29. The molecule has 0 radical (unpaired) electrons. The summed E-state index contributed by atoms with van der Waals surface area (Å²) in [5.74, 6) is 0.840. The fraction of sp³-hybridized carbons (Fsp3) is 0.231. The summed E-state index contributed by atoms with van der Waals surface area (Å²) in [6.07, 6.45) is 0.805. The molecule has 8 heteroatoms. The minimum Gasteiger partial charge on any atom is -0.493 e. The van der Waals surface area contributed by atoms with Crippen LogP contribution in [0, 0.1) is 0 Å². The van der Waals surface area contributed by atoms with Crippen LogP contribution in [0.2, 0.25) is 0 Å². The third-order valence-electron chi connectivity index (χ3n) is 5.54. The molecule has 1 heterocycles. The predicted octanol–water partition coefficient (Wildman–Crippen LogP) is 4.58. The van der Waals surface area contributed by atoms with E-state index in [1.807, 2.05) is 48.5 Å². The van der Waals surface area contributed by atoms with Gasteiger partial charge in [0.2, 0.25) is 5.91 Å². The topological polar surface area (TPSA) is 92.6 Å². The SMILES string of the molecule is COc1ccc(CCN[C@H]2CC(=O)N(c3ccc(N=Nc4ccccc4)cc3)C2=O)cc1OC. The van der Waals surface area contributed by atoms with E-state index >= 15 is 0 Å². The number of amides is 2. The number of azo groups is 1. The third kappa shape index (κ3) is 5.29. The van der Waals surface area contributed by atoms with Gasteiger partial charge in [-0.05, 0) is 67.1 Å². The van der Waals surface area contributed by atoms with Crippen LogP contribution in [0.5, 0.6) is 11.5 Å². The Balaban J connectivity index is 1.35. The Hall–Kier alpha value is -4.04. The Morgan fingerprint density at radius 2 is 1.56 bits per heavy atom. The molecule has 1 fully saturated rings. The lowest BCUT2D eigenvalue weighted by molar-refractivity contribution is -0.121. The Labute approximate surface area is 198 Å². The molecule has 34 heavy (non-hydrogen) atoms. The second-order valence-corrected chi connectivity index (χ2v) is 7.77. The highest BCUT2D eigenvalue weighted by atomic mass is 16.5. The van der Waals surface area contributed by atoms with Crippen LogP contribution < -0.4 is 19.7 Å². The van der Waals surface area contributed by atoms with E-state index in [4.69, 9.17) is 9.47 Å². The van der Waals surface area contributed by atoms with Gasteiger partial charge < -0.3 is 14.8 Å². The van der Waals surface area contributed by atoms with Crippen molar-refractivity contribution in [3.05, 3.63) is 78.4 Å². The average Bonchev–Trinajstić information content (AvgIpc) is 3.16. The van der Waals surface area contributed by atoms with Crippen LogP contribution in [-0.4, -0.2) is 38.6 Å². The van der Waals surface area contributed by atoms with E-state index in [1.54, 1.807) is 38.5 Å². The number of carbonyl (C=O) groups is 2. The van der Waals surface area contributed by atoms with Gasteiger partial charge in [-0.1, -0.05) is 24.3 Å². The molecule has 3 aromatic carbocycles. The van der Waals surface area contributed by atoms with Crippen molar-refractivity contribution < 1.29 is 19.1 Å². The quantitative estimate of drug-likeness (QED) is 0.374. The summed E-state index contributed by atoms with van der Waals surface area (Å²) in [6, 6.07) is 21.5. The number of nitrogens with one attached hydrogen (secondary N) is 1. The van der Waals surface area contributed by atoms with Crippen LogP contribution in [0.3, 0.4) is 0 Å². The third-order valence-corrected chi connectivity index (χ3v) is 5.54. The first-order chi connectivity index (χ1) is 16.6. The first-order valence-corrected chi connectivity index (χ1v) is 11.0. The molecule has 1 atom stereocenters. The zero-order chi connectivity index (χ0) is 23.9. The van der Waals surface area contributed by atoms with E-state index in [9.17, 15) is 9.59 Å². The number of rotatable bonds is 9. The fourth-order valence-corrected chi connectivity index (χ4v) is 3.77. The summed E-state index contributed by atoms with van der Waals surface area (Å²) in [6.45, 7) is 0.547. The molecular weight excluding hydrogens is 432 g/mol. The summed E-state index contributed by atoms with van der Waals surface area (Å²) >= 11 is 0. The number of imide groups is 1. The number of anilines is 1. The van der Waals surface area contributed by atoms with Crippen LogP contribution in [0.15, 0.2) is 83.0 Å². The minimum absolute atomic E-state index is 0.125. The first kappa shape index (κ1) is 23.1. The van der Waals surface area contributed by atoms with E-state index in [1.165, 1.54) is 4.90 Å². The maximum absolute atomic E-state index is 12.9. The zero-order valence-electron chi connectivity index (χ0n) is 19.1. The molecule has 0 saturated carbocycles. The smallest absolute Gasteiger partial charge is 0.251 e. The lowest BCUT2D eigenvalue weighted by Crippen LogP contribution is -2.39. The molecule has 0 aliphatic carbocycles. The van der Waals surface area contributed by atoms with Crippen molar-refractivity contribution in [2.45, 2.75) is 18.9 Å². The molecule has 8 nitrogen and oxygen atoms in total. The first-order valence-electron chi connectivity index (χ1n) is 11.0. The van der Waals surface area contributed by atoms with Crippen molar-refractivity contribution in [3.8, 4) is 11.5 Å². The van der Waals surface area contributed by atoms with E-state index in [-0.39, 0.29) is 18.2 Å². The van der Waals surface area contributed by atoms with Gasteiger partial charge in [0.25, 0.3) is 5.91 Å². The fourth-order valence-electron chi connectivity index (χ4n) is 3.77. The van der Waals surface area contributed by atoms with E-state index in [0.717, 1.165) is 11.3 Å². The average molecular weight is 459 g/mol. The summed E-state index contributed by atoms with van der Waals surface area (Å²) in [5.41, 5.74) is 2.95. The summed E-state index contributed by atoms with van der Waals surface area (Å²) in [5, 5.41) is 11.6. The van der Waals surface area contributed by atoms with Gasteiger partial charge >= 0.3 is 0 Å². The summed E-state index contributed by atoms with van der Waals surface area (Å²) in [7, 11) is 3.19. The largest absolute Gasteiger partial charge is 0.493 e. The standard InChI is InChI=1S/C26H26N4O4/c1-33-23-13-8-18(16-24(23)34-2)14-15-27-22-17-25(31)30(26(22)32)21-11-9-20(10-12-21)29-28-19-6-4-3-5-7-19/h3-13,16,22,27H,14-15,17H2,1-2H3/t22-/m0/s1. The van der Waals surface area contributed by atoms with Gasteiger partial charge in [-0.25, -0.2) is 4.90 Å². The number of ether oxygens (including phenoxy) is 2. The highest BCUT2D eigenvalue weighted by Crippen LogP contribution is 2.28. The van der Waals surface area contributed by atoms with E-state index in [0.29, 0.717) is 35.8 Å². The molecule has 2 amide bonds. The van der Waals surface area contributed by atoms with Crippen molar-refractivity contribution in [1.29, 1.82) is 0 Å². The van der Waals surface area contributed by atoms with Crippen LogP contribution >= 0.6 is 0 Å². The molecule has 0 spiro atoms. The number of carbonyl (C=O) groups excluding carboxylic acids is 2. The van der Waals surface area contributed by atoms with Gasteiger partial charge in [-0.2, -0.15) is 10.2 Å². The van der Waals surface area contributed by atoms with Gasteiger partial charge in [0, 0.05) is 0 Å². The summed E-state index contributed by atoms with van der Waals surface area (Å²) < 4.78 is 10.6. The molecule has 1 saturated heterocycles. The second-order valence-electron chi connectivity index (χ2n) is 7.77. The summed E-state index contributed by atoms with van der Waals surface area (Å²) in [4.78, 5) is 26.7. The Bertz CT molecular complexity index is 1180. The van der Waals surface area contributed by atoms with Gasteiger partial charge in [-0.15, -0.1) is 0 Å². The van der Waals surface area contributed by atoms with Crippen molar-refractivity contribution in [2.75, 3.05) is 25.7 Å². The maximum atomic E-state index is 12.9. The second kappa shape index (κ2) is 10.7. The lowest BCUT2D eigenvalue weighted by atomic mass is 10.1. The molecule has 0 unspecified atom stereocenters. The normalized spacial score (nSPS) is 15.8. The Morgan fingerprint density at radius 1 is 0.882 bits per heavy atom. The van der Waals surface area contributed by atoms with Crippen molar-refractivity contribution >= 4 is 28.9 Å². The van der Waals surface area contributed by atoms with Crippen molar-refractivity contribution in [3.63, 3.8) is 0 Å². The van der Waals surface area contributed by atoms with Gasteiger partial charge in [0.15, 0.2) is 11.5 Å². The van der Waals surface area contributed by atoms with Crippen LogP contribution in [0.1, 0.15) is 12.0 Å². The van der Waals surface area contributed by atoms with E-state index < -0.39 is 6.04 Å². The minimum atomic E-state index is -0.551. The van der Waals surface area contributed by atoms with Gasteiger partial charge in [-0.3, -0.25) is 9.59 Å². The molecule has 1 N–H and O–H groups in total. The van der Waals surface area contributed by atoms with Gasteiger partial charge in [0.05, 0.1) is 43.7 Å². The monoisotopic (exact) mass is 458 g/mol. The molecule has 4 rings (SSSR count). The molecule has 0 bridgehead atoms. The number of hydrogen-bond acceptors (Lipinski definition) is 7. The zero-order valence-corrected chi connectivity index (χ0v) is 19.1. The predicted molar refractivity (Wildman–Crippen MR) is 129 cm³/mol. The van der Waals surface area contributed by atoms with E-state index in [2.05, 4.69) is 15.5 Å². The van der Waals surface area contributed by atoms with Crippen LogP contribution in [0.25, 0.3) is 0 Å². The van der Waals surface area contributed by atoms with Crippen molar-refractivity contribution in [2.24, 2.45) is 10.2 Å². The number of benzene rings is 3. The molecule has 174 valence electrons.